The van der Waals surface area contributed by atoms with Gasteiger partial charge in [0.05, 0.1) is 12.7 Å². The summed E-state index contributed by atoms with van der Waals surface area (Å²) in [4.78, 5) is 21.2. The number of aliphatic hydroxyl groups is 2. The van der Waals surface area contributed by atoms with Gasteiger partial charge in [-0.3, -0.25) is 0 Å². The topological polar surface area (TPSA) is 96.0 Å². The van der Waals surface area contributed by atoms with Crippen LogP contribution in [0.3, 0.4) is 0 Å². The molecule has 4 rings (SSSR count). The molecule has 2 heterocycles. The number of oxazole rings is 1. The zero-order valence-electron chi connectivity index (χ0n) is 22.0. The van der Waals surface area contributed by atoms with Crippen molar-refractivity contribution in [3.63, 3.8) is 0 Å². The molecule has 2 N–H and O–H groups in total. The summed E-state index contributed by atoms with van der Waals surface area (Å²) in [5.74, 6) is 0.714. The van der Waals surface area contributed by atoms with Crippen LogP contribution in [0, 0.1) is 0 Å². The van der Waals surface area contributed by atoms with E-state index in [1.54, 1.807) is 22.4 Å². The van der Waals surface area contributed by atoms with Crippen LogP contribution in [0.4, 0.5) is 4.79 Å². The highest BCUT2D eigenvalue weighted by Crippen LogP contribution is 2.36. The summed E-state index contributed by atoms with van der Waals surface area (Å²) in [7, 11) is 0. The van der Waals surface area contributed by atoms with Crippen molar-refractivity contribution in [2.24, 2.45) is 0 Å². The van der Waals surface area contributed by atoms with Crippen molar-refractivity contribution < 1.29 is 24.2 Å². The van der Waals surface area contributed by atoms with Crippen LogP contribution in [0.25, 0.3) is 0 Å². The van der Waals surface area contributed by atoms with E-state index in [2.05, 4.69) is 4.98 Å². The average molecular weight is 535 g/mol. The van der Waals surface area contributed by atoms with E-state index in [1.807, 2.05) is 93.6 Å². The van der Waals surface area contributed by atoms with Gasteiger partial charge in [-0.05, 0) is 44.0 Å². The first-order valence-electron chi connectivity index (χ1n) is 12.6. The second kappa shape index (κ2) is 11.9. The van der Waals surface area contributed by atoms with Gasteiger partial charge in [-0.25, -0.2) is 9.78 Å². The zero-order chi connectivity index (χ0) is 27.2. The highest BCUT2D eigenvalue weighted by Gasteiger charge is 2.38. The average Bonchev–Trinajstić information content (AvgIpc) is 3.56. The minimum atomic E-state index is -1.56. The molecule has 4 aromatic rings. The van der Waals surface area contributed by atoms with Crippen molar-refractivity contribution >= 4 is 17.4 Å². The third kappa shape index (κ3) is 6.69. The van der Waals surface area contributed by atoms with Crippen molar-refractivity contribution in [3.05, 3.63) is 112 Å². The highest BCUT2D eigenvalue weighted by atomic mass is 32.1. The minimum Gasteiger partial charge on any atom is -0.444 e. The number of carbonyl (C=O) groups is 1. The number of aliphatic hydroxyl groups excluding tert-OH is 1. The number of thiophene rings is 1. The van der Waals surface area contributed by atoms with E-state index in [1.165, 1.54) is 0 Å². The van der Waals surface area contributed by atoms with Gasteiger partial charge in [0.1, 0.15) is 11.4 Å². The van der Waals surface area contributed by atoms with E-state index in [-0.39, 0.29) is 12.5 Å². The molecule has 0 aliphatic rings. The van der Waals surface area contributed by atoms with Gasteiger partial charge < -0.3 is 24.3 Å². The van der Waals surface area contributed by atoms with Crippen molar-refractivity contribution in [3.8, 4) is 0 Å². The third-order valence-electron chi connectivity index (χ3n) is 5.95. The molecule has 0 spiro atoms. The molecule has 0 saturated carbocycles. The van der Waals surface area contributed by atoms with Gasteiger partial charge >= 0.3 is 6.09 Å². The van der Waals surface area contributed by atoms with Crippen LogP contribution in [0.1, 0.15) is 53.3 Å². The molecule has 0 aliphatic heterocycles. The molecule has 200 valence electrons. The van der Waals surface area contributed by atoms with Crippen molar-refractivity contribution in [2.45, 2.75) is 51.4 Å². The predicted molar refractivity (Wildman–Crippen MR) is 147 cm³/mol. The van der Waals surface area contributed by atoms with Crippen molar-refractivity contribution in [1.82, 2.24) is 9.88 Å². The Labute approximate surface area is 227 Å². The summed E-state index contributed by atoms with van der Waals surface area (Å²) in [6, 6.07) is 22.5. The smallest absolute Gasteiger partial charge is 0.410 e. The Kier molecular flexibility index (Phi) is 8.66. The summed E-state index contributed by atoms with van der Waals surface area (Å²) >= 11 is 1.57. The minimum absolute atomic E-state index is 0.0852. The number of hydrogen-bond acceptors (Lipinski definition) is 7. The Morgan fingerprint density at radius 3 is 2.13 bits per heavy atom. The lowest BCUT2D eigenvalue weighted by Gasteiger charge is -2.27. The normalized spacial score (nSPS) is 11.9. The van der Waals surface area contributed by atoms with E-state index in [4.69, 9.17) is 9.15 Å². The number of rotatable bonds is 10. The van der Waals surface area contributed by atoms with E-state index in [9.17, 15) is 15.0 Å². The SMILES string of the molecule is CC(C)(C)OC(=O)N(CCc1cnc(C(O)(c2ccccc2)c2ccccc2)o1)Cc1ccc(CCO)s1. The molecule has 1 amide bonds. The lowest BCUT2D eigenvalue weighted by molar-refractivity contribution is 0.0234. The van der Waals surface area contributed by atoms with Gasteiger partial charge in [0, 0.05) is 35.7 Å². The van der Waals surface area contributed by atoms with Crippen LogP contribution in [0.2, 0.25) is 0 Å². The maximum absolute atomic E-state index is 13.0. The van der Waals surface area contributed by atoms with Crippen molar-refractivity contribution in [1.29, 1.82) is 0 Å². The van der Waals surface area contributed by atoms with Gasteiger partial charge in [-0.2, -0.15) is 0 Å². The standard InChI is InChI=1S/C30H34N2O5S/c1-29(2,3)37-28(34)32(21-26-15-14-25(38-26)17-19-33)18-16-24-20-31-27(36-24)30(35,22-10-6-4-7-11-22)23-12-8-5-9-13-23/h4-15,20,33,35H,16-19,21H2,1-3H3. The van der Waals surface area contributed by atoms with Gasteiger partial charge in [0.25, 0.3) is 0 Å². The Morgan fingerprint density at radius 1 is 0.947 bits per heavy atom. The number of carbonyl (C=O) groups excluding carboxylic acids is 1. The van der Waals surface area contributed by atoms with Crippen LogP contribution in [-0.4, -0.2) is 44.9 Å². The van der Waals surface area contributed by atoms with Gasteiger partial charge in [0.2, 0.25) is 5.89 Å². The summed E-state index contributed by atoms with van der Waals surface area (Å²) in [6.45, 7) is 6.32. The molecule has 2 aromatic carbocycles. The lowest BCUT2D eigenvalue weighted by atomic mass is 9.86. The number of nitrogens with zero attached hydrogens (tertiary/aromatic N) is 2. The first-order chi connectivity index (χ1) is 18.2. The fraction of sp³-hybridized carbons (Fsp3) is 0.333. The number of amides is 1. The summed E-state index contributed by atoms with van der Waals surface area (Å²) in [5, 5.41) is 21.1. The van der Waals surface area contributed by atoms with E-state index in [0.29, 0.717) is 42.8 Å². The van der Waals surface area contributed by atoms with Crippen LogP contribution < -0.4 is 0 Å². The number of benzene rings is 2. The Morgan fingerprint density at radius 2 is 1.55 bits per heavy atom. The van der Waals surface area contributed by atoms with Crippen LogP contribution in [-0.2, 0) is 29.7 Å². The van der Waals surface area contributed by atoms with Gasteiger partial charge in [-0.15, -0.1) is 11.3 Å². The summed E-state index contributed by atoms with van der Waals surface area (Å²) < 4.78 is 11.8. The second-order valence-corrected chi connectivity index (χ2v) is 11.3. The molecule has 0 atom stereocenters. The molecule has 0 fully saturated rings. The predicted octanol–water partition coefficient (Wildman–Crippen LogP) is 5.53. The first kappa shape index (κ1) is 27.6. The Hall–Kier alpha value is -3.46. The number of ether oxygens (including phenoxy) is 1. The number of hydrogen-bond donors (Lipinski definition) is 2. The molecule has 0 aliphatic carbocycles. The fourth-order valence-corrected chi connectivity index (χ4v) is 5.13. The van der Waals surface area contributed by atoms with E-state index < -0.39 is 17.3 Å². The van der Waals surface area contributed by atoms with Crippen LogP contribution >= 0.6 is 11.3 Å². The molecule has 7 nitrogen and oxygen atoms in total. The first-order valence-corrected chi connectivity index (χ1v) is 13.5. The van der Waals surface area contributed by atoms with Crippen molar-refractivity contribution in [2.75, 3.05) is 13.2 Å². The van der Waals surface area contributed by atoms with Crippen LogP contribution in [0.5, 0.6) is 0 Å². The van der Waals surface area contributed by atoms with E-state index in [0.717, 1.165) is 9.75 Å². The van der Waals surface area contributed by atoms with Gasteiger partial charge in [0.15, 0.2) is 5.60 Å². The largest absolute Gasteiger partial charge is 0.444 e. The Balaban J connectivity index is 1.56. The second-order valence-electron chi connectivity index (χ2n) is 10.1. The molecular weight excluding hydrogens is 500 g/mol. The molecule has 0 saturated heterocycles. The molecule has 0 radical (unpaired) electrons. The maximum atomic E-state index is 13.0. The maximum Gasteiger partial charge on any atom is 0.410 e. The molecular formula is C30H34N2O5S. The summed E-state index contributed by atoms with van der Waals surface area (Å²) in [6.07, 6.45) is 2.16. The Bertz CT molecular complexity index is 1270. The molecule has 0 unspecified atom stereocenters. The zero-order valence-corrected chi connectivity index (χ0v) is 22.8. The summed E-state index contributed by atoms with van der Waals surface area (Å²) in [5.41, 5.74) is -0.905. The fourth-order valence-electron chi connectivity index (χ4n) is 4.11. The van der Waals surface area contributed by atoms with E-state index >= 15 is 0 Å². The third-order valence-corrected chi connectivity index (χ3v) is 7.08. The molecule has 38 heavy (non-hydrogen) atoms. The highest BCUT2D eigenvalue weighted by molar-refractivity contribution is 7.11. The van der Waals surface area contributed by atoms with Gasteiger partial charge in [-0.1, -0.05) is 60.7 Å². The lowest BCUT2D eigenvalue weighted by Crippen LogP contribution is -2.37. The monoisotopic (exact) mass is 534 g/mol. The molecule has 2 aromatic heterocycles. The molecule has 0 bridgehead atoms. The molecule has 8 heteroatoms. The number of aromatic nitrogens is 1. The quantitative estimate of drug-likeness (QED) is 0.278. The van der Waals surface area contributed by atoms with Crippen LogP contribution in [0.15, 0.2) is 83.4 Å².